The average Bonchev–Trinajstić information content (AvgIpc) is 2.65. The van der Waals surface area contributed by atoms with E-state index in [1.54, 1.807) is 30.3 Å². The molecule has 2 aromatic rings. The zero-order chi connectivity index (χ0) is 18.1. The molecule has 1 atom stereocenters. The quantitative estimate of drug-likeness (QED) is 0.618. The summed E-state index contributed by atoms with van der Waals surface area (Å²) in [6, 6.07) is 16.9. The zero-order valence-electron chi connectivity index (χ0n) is 13.8. The summed E-state index contributed by atoms with van der Waals surface area (Å²) in [5, 5.41) is 2.51. The first kappa shape index (κ1) is 18.2. The molecule has 0 bridgehead atoms. The van der Waals surface area contributed by atoms with Crippen molar-refractivity contribution in [3.63, 3.8) is 0 Å². The van der Waals surface area contributed by atoms with E-state index in [1.165, 1.54) is 7.11 Å². The van der Waals surface area contributed by atoms with Gasteiger partial charge in [0.25, 0.3) is 0 Å². The maximum atomic E-state index is 12.4. The van der Waals surface area contributed by atoms with Gasteiger partial charge in [-0.05, 0) is 11.1 Å². The number of rotatable bonds is 7. The molecule has 25 heavy (non-hydrogen) atoms. The van der Waals surface area contributed by atoms with E-state index in [0.29, 0.717) is 5.56 Å². The Bertz CT molecular complexity index is 715. The van der Waals surface area contributed by atoms with Crippen LogP contribution in [-0.4, -0.2) is 25.0 Å². The van der Waals surface area contributed by atoms with E-state index in [-0.39, 0.29) is 6.61 Å². The van der Waals surface area contributed by atoms with Crippen LogP contribution in [0.15, 0.2) is 60.7 Å². The Morgan fingerprint density at radius 3 is 2.16 bits per heavy atom. The van der Waals surface area contributed by atoms with Crippen molar-refractivity contribution in [1.82, 2.24) is 5.32 Å². The highest BCUT2D eigenvalue weighted by Gasteiger charge is 2.25. The van der Waals surface area contributed by atoms with E-state index in [9.17, 15) is 14.4 Å². The van der Waals surface area contributed by atoms with Crippen molar-refractivity contribution < 1.29 is 23.9 Å². The van der Waals surface area contributed by atoms with Crippen LogP contribution < -0.4 is 5.32 Å². The van der Waals surface area contributed by atoms with Crippen molar-refractivity contribution in [2.24, 2.45) is 0 Å². The molecule has 0 saturated carbocycles. The first-order chi connectivity index (χ1) is 12.1. The van der Waals surface area contributed by atoms with Crippen LogP contribution in [0.2, 0.25) is 0 Å². The molecule has 0 saturated heterocycles. The third-order valence-electron chi connectivity index (χ3n) is 3.48. The highest BCUT2D eigenvalue weighted by molar-refractivity contribution is 6.00. The minimum atomic E-state index is -0.983. The monoisotopic (exact) mass is 341 g/mol. The Balaban J connectivity index is 2.03. The van der Waals surface area contributed by atoms with Gasteiger partial charge in [-0.1, -0.05) is 60.7 Å². The summed E-state index contributed by atoms with van der Waals surface area (Å²) < 4.78 is 9.66. The third kappa shape index (κ3) is 5.76. The minimum absolute atomic E-state index is 0.0827. The Morgan fingerprint density at radius 2 is 1.56 bits per heavy atom. The number of ether oxygens (including phenoxy) is 2. The van der Waals surface area contributed by atoms with Crippen LogP contribution in [0.25, 0.3) is 0 Å². The average molecular weight is 341 g/mol. The molecule has 0 aromatic heterocycles. The maximum absolute atomic E-state index is 12.4. The SMILES string of the molecule is COC(=O)CC(=O)[C@H](NC(=O)OCc1ccccc1)c1ccccc1. The molecule has 0 aliphatic rings. The highest BCUT2D eigenvalue weighted by atomic mass is 16.5. The molecular formula is C19H19NO5. The number of carbonyl (C=O) groups excluding carboxylic acids is 3. The summed E-state index contributed by atoms with van der Waals surface area (Å²) in [5.41, 5.74) is 1.39. The van der Waals surface area contributed by atoms with Gasteiger partial charge in [0.2, 0.25) is 0 Å². The molecule has 0 spiro atoms. The number of hydrogen-bond donors (Lipinski definition) is 1. The van der Waals surface area contributed by atoms with Gasteiger partial charge >= 0.3 is 12.1 Å². The van der Waals surface area contributed by atoms with Gasteiger partial charge in [0, 0.05) is 0 Å². The van der Waals surface area contributed by atoms with Crippen molar-refractivity contribution in [3.8, 4) is 0 Å². The van der Waals surface area contributed by atoms with Gasteiger partial charge in [-0.2, -0.15) is 0 Å². The summed E-state index contributed by atoms with van der Waals surface area (Å²) >= 11 is 0. The van der Waals surface area contributed by atoms with Crippen LogP contribution in [0.5, 0.6) is 0 Å². The van der Waals surface area contributed by atoms with Gasteiger partial charge in [0.1, 0.15) is 19.1 Å². The number of nitrogens with one attached hydrogen (secondary N) is 1. The van der Waals surface area contributed by atoms with Crippen molar-refractivity contribution in [3.05, 3.63) is 71.8 Å². The van der Waals surface area contributed by atoms with Gasteiger partial charge in [-0.25, -0.2) is 4.79 Å². The molecule has 1 amide bonds. The molecule has 0 unspecified atom stereocenters. The van der Waals surface area contributed by atoms with E-state index < -0.39 is 30.3 Å². The second-order valence-electron chi connectivity index (χ2n) is 5.27. The predicted molar refractivity (Wildman–Crippen MR) is 90.6 cm³/mol. The summed E-state index contributed by atoms with van der Waals surface area (Å²) in [6.45, 7) is 0.0827. The van der Waals surface area contributed by atoms with Crippen LogP contribution in [0, 0.1) is 0 Å². The fraction of sp³-hybridized carbons (Fsp3) is 0.211. The smallest absolute Gasteiger partial charge is 0.408 e. The van der Waals surface area contributed by atoms with Crippen LogP contribution in [0.3, 0.4) is 0 Å². The van der Waals surface area contributed by atoms with E-state index in [0.717, 1.165) is 5.56 Å². The number of hydrogen-bond acceptors (Lipinski definition) is 5. The topological polar surface area (TPSA) is 81.7 Å². The molecule has 1 N–H and O–H groups in total. The van der Waals surface area contributed by atoms with Gasteiger partial charge in [0.05, 0.1) is 7.11 Å². The maximum Gasteiger partial charge on any atom is 0.408 e. The molecule has 2 aromatic carbocycles. The summed E-state index contributed by atoms with van der Waals surface area (Å²) in [7, 11) is 1.20. The van der Waals surface area contributed by atoms with Gasteiger partial charge in [-0.3, -0.25) is 9.59 Å². The lowest BCUT2D eigenvalue weighted by atomic mass is 10.0. The van der Waals surface area contributed by atoms with Gasteiger partial charge < -0.3 is 14.8 Å². The van der Waals surface area contributed by atoms with Gasteiger partial charge in [0.15, 0.2) is 5.78 Å². The first-order valence-electron chi connectivity index (χ1n) is 7.72. The number of ketones is 1. The summed E-state index contributed by atoms with van der Waals surface area (Å²) in [6.07, 6.45) is -1.18. The van der Waals surface area contributed by atoms with Gasteiger partial charge in [-0.15, -0.1) is 0 Å². The number of alkyl carbamates (subject to hydrolysis) is 1. The van der Waals surface area contributed by atoms with Crippen LogP contribution in [0.4, 0.5) is 4.79 Å². The largest absolute Gasteiger partial charge is 0.469 e. The second-order valence-corrected chi connectivity index (χ2v) is 5.27. The summed E-state index contributed by atoms with van der Waals surface area (Å²) in [4.78, 5) is 35.8. The number of carbonyl (C=O) groups is 3. The molecule has 130 valence electrons. The number of esters is 1. The molecule has 0 heterocycles. The van der Waals surface area contributed by atoms with Crippen LogP contribution >= 0.6 is 0 Å². The second kappa shape index (κ2) is 9.22. The molecule has 0 aliphatic carbocycles. The minimum Gasteiger partial charge on any atom is -0.469 e. The van der Waals surface area contributed by atoms with Crippen LogP contribution in [0.1, 0.15) is 23.6 Å². The molecule has 2 rings (SSSR count). The Hall–Kier alpha value is -3.15. The van der Waals surface area contributed by atoms with E-state index >= 15 is 0 Å². The number of amides is 1. The zero-order valence-corrected chi connectivity index (χ0v) is 13.8. The van der Waals surface area contributed by atoms with Crippen molar-refractivity contribution >= 4 is 17.8 Å². The first-order valence-corrected chi connectivity index (χ1v) is 7.72. The number of benzene rings is 2. The molecular weight excluding hydrogens is 322 g/mol. The third-order valence-corrected chi connectivity index (χ3v) is 3.48. The highest BCUT2D eigenvalue weighted by Crippen LogP contribution is 2.16. The fourth-order valence-corrected chi connectivity index (χ4v) is 2.19. The predicted octanol–water partition coefficient (Wildman–Crippen LogP) is 2.79. The van der Waals surface area contributed by atoms with E-state index in [4.69, 9.17) is 4.74 Å². The summed E-state index contributed by atoms with van der Waals surface area (Å²) in [5.74, 6) is -1.14. The Morgan fingerprint density at radius 1 is 0.960 bits per heavy atom. The number of methoxy groups -OCH3 is 1. The molecule has 6 heteroatoms. The van der Waals surface area contributed by atoms with Crippen molar-refractivity contribution in [1.29, 1.82) is 0 Å². The molecule has 0 radical (unpaired) electrons. The van der Waals surface area contributed by atoms with E-state index in [1.807, 2.05) is 30.3 Å². The molecule has 0 aliphatic heterocycles. The lowest BCUT2D eigenvalue weighted by Gasteiger charge is -2.17. The number of Topliss-reactive ketones (excluding diaryl/α,β-unsaturated/α-hetero) is 1. The lowest BCUT2D eigenvalue weighted by Crippen LogP contribution is -2.35. The van der Waals surface area contributed by atoms with E-state index in [2.05, 4.69) is 10.1 Å². The lowest BCUT2D eigenvalue weighted by molar-refractivity contribution is -0.143. The van der Waals surface area contributed by atoms with Crippen molar-refractivity contribution in [2.45, 2.75) is 19.1 Å². The Kier molecular flexibility index (Phi) is 6.71. The standard InChI is InChI=1S/C19H19NO5/c1-24-17(22)12-16(21)18(15-10-6-3-7-11-15)20-19(23)25-13-14-8-4-2-5-9-14/h2-11,18H,12-13H2,1H3,(H,20,23)/t18-/m1/s1. The fourth-order valence-electron chi connectivity index (χ4n) is 2.19. The van der Waals surface area contributed by atoms with Crippen molar-refractivity contribution in [2.75, 3.05) is 7.11 Å². The normalized spacial score (nSPS) is 11.2. The molecule has 0 fully saturated rings. The Labute approximate surface area is 145 Å². The van der Waals surface area contributed by atoms with Crippen LogP contribution in [-0.2, 0) is 25.7 Å². The molecule has 6 nitrogen and oxygen atoms in total.